The van der Waals surface area contributed by atoms with Crippen molar-refractivity contribution in [2.45, 2.75) is 52.6 Å². The van der Waals surface area contributed by atoms with Gasteiger partial charge < -0.3 is 0 Å². The van der Waals surface area contributed by atoms with Gasteiger partial charge in [0, 0.05) is 0 Å². The van der Waals surface area contributed by atoms with E-state index in [1.165, 1.54) is 0 Å². The summed E-state index contributed by atoms with van der Waals surface area (Å²) in [6.45, 7) is 13.5. The van der Waals surface area contributed by atoms with Gasteiger partial charge in [-0.25, -0.2) is 0 Å². The summed E-state index contributed by atoms with van der Waals surface area (Å²) in [4.78, 5) is 0. The molecule has 0 aliphatic rings. The Kier molecular flexibility index (Phi) is 3.21. The Bertz CT molecular complexity index is 342. The summed E-state index contributed by atoms with van der Waals surface area (Å²) in [5.74, 6) is 0. The van der Waals surface area contributed by atoms with Crippen LogP contribution in [0.5, 0.6) is 0 Å². The predicted octanol–water partition coefficient (Wildman–Crippen LogP) is 2.42. The van der Waals surface area contributed by atoms with E-state index in [9.17, 15) is 0 Å². The van der Waals surface area contributed by atoms with Gasteiger partial charge in [0.25, 0.3) is 0 Å². The molecular formula is C10H20N2PdSi. The van der Waals surface area contributed by atoms with Gasteiger partial charge in [0.15, 0.2) is 0 Å². The van der Waals surface area contributed by atoms with Gasteiger partial charge >= 0.3 is 97.8 Å². The minimum atomic E-state index is -0.743. The third-order valence-electron chi connectivity index (χ3n) is 2.18. The van der Waals surface area contributed by atoms with E-state index in [1.807, 2.05) is 0 Å². The van der Waals surface area contributed by atoms with Crippen molar-refractivity contribution in [3.63, 3.8) is 0 Å². The summed E-state index contributed by atoms with van der Waals surface area (Å²) < 4.78 is 4.87. The second kappa shape index (κ2) is 3.66. The topological polar surface area (TPSA) is 9.86 Å². The predicted molar refractivity (Wildman–Crippen MR) is 58.2 cm³/mol. The molecule has 0 aromatic carbocycles. The molecule has 0 N–H and O–H groups in total. The van der Waals surface area contributed by atoms with Gasteiger partial charge in [-0.2, -0.15) is 0 Å². The van der Waals surface area contributed by atoms with E-state index in [1.54, 1.807) is 0 Å². The molecule has 0 fully saturated rings. The molecular weight excluding hydrogens is 283 g/mol. The molecule has 1 aromatic heterocycles. The minimum absolute atomic E-state index is 0.212. The van der Waals surface area contributed by atoms with E-state index in [0.717, 1.165) is 0 Å². The Morgan fingerprint density at radius 1 is 0.857 bits per heavy atom. The second-order valence-corrected chi connectivity index (χ2v) is 9.15. The number of aromatic nitrogens is 2. The van der Waals surface area contributed by atoms with E-state index in [4.69, 9.17) is 0 Å². The molecule has 84 valence electrons. The number of hydrogen-bond donors (Lipinski definition) is 0. The summed E-state index contributed by atoms with van der Waals surface area (Å²) in [6.07, 6.45) is 3.68. The van der Waals surface area contributed by atoms with Crippen molar-refractivity contribution in [2.24, 2.45) is 0 Å². The fourth-order valence-corrected chi connectivity index (χ4v) is 6.76. The molecule has 0 atom stereocenters. The summed E-state index contributed by atoms with van der Waals surface area (Å²) >= 11 is 3.54. The standard InChI is InChI=1S/C10H20N2Si.Pd/c1-9(2,3)11-7-8-12(13-11)10(4,5)6;/h7-8H,1-6H3;. The molecule has 0 aliphatic heterocycles. The van der Waals surface area contributed by atoms with E-state index >= 15 is 0 Å². The van der Waals surface area contributed by atoms with Gasteiger partial charge in [-0.3, -0.25) is 0 Å². The van der Waals surface area contributed by atoms with E-state index < -0.39 is 6.34 Å². The first-order chi connectivity index (χ1) is 6.14. The first-order valence-corrected chi connectivity index (χ1v) is 8.44. The van der Waals surface area contributed by atoms with Gasteiger partial charge in [0.1, 0.15) is 0 Å². The average molecular weight is 303 g/mol. The summed E-state index contributed by atoms with van der Waals surface area (Å²) in [5.41, 5.74) is 0.424. The fraction of sp³-hybridized carbons (Fsp3) is 0.800. The van der Waals surface area contributed by atoms with Gasteiger partial charge in [-0.15, -0.1) is 0 Å². The fourth-order valence-electron chi connectivity index (χ4n) is 1.32. The second-order valence-electron chi connectivity index (χ2n) is 5.62. The molecule has 4 heteroatoms. The van der Waals surface area contributed by atoms with Crippen LogP contribution in [-0.2, 0) is 29.1 Å². The van der Waals surface area contributed by atoms with Crippen LogP contribution in [0.1, 0.15) is 41.5 Å². The van der Waals surface area contributed by atoms with Gasteiger partial charge in [-0.05, 0) is 0 Å². The van der Waals surface area contributed by atoms with E-state index in [0.29, 0.717) is 0 Å². The molecule has 0 saturated carbocycles. The first kappa shape index (κ1) is 12.3. The van der Waals surface area contributed by atoms with Crippen molar-refractivity contribution in [3.8, 4) is 0 Å². The van der Waals surface area contributed by atoms with Crippen LogP contribution in [0, 0.1) is 0 Å². The van der Waals surface area contributed by atoms with E-state index in [2.05, 4.69) is 80.4 Å². The molecule has 1 rings (SSSR count). The summed E-state index contributed by atoms with van der Waals surface area (Å²) in [6, 6.07) is 0. The maximum absolute atomic E-state index is 3.54. The van der Waals surface area contributed by atoms with Crippen molar-refractivity contribution in [1.82, 2.24) is 8.44 Å². The molecule has 0 saturated heterocycles. The van der Waals surface area contributed by atoms with Crippen LogP contribution >= 0.6 is 0 Å². The van der Waals surface area contributed by atoms with Crippen LogP contribution in [-0.4, -0.2) is 14.8 Å². The Morgan fingerprint density at radius 2 is 1.14 bits per heavy atom. The zero-order chi connectivity index (χ0) is 11.1. The summed E-state index contributed by atoms with van der Waals surface area (Å²) in [7, 11) is 0. The van der Waals surface area contributed by atoms with Gasteiger partial charge in [0.2, 0.25) is 0 Å². The Labute approximate surface area is 97.7 Å². The average Bonchev–Trinajstić information content (AvgIpc) is 2.26. The first-order valence-electron chi connectivity index (χ1n) is 4.90. The monoisotopic (exact) mass is 302 g/mol. The quantitative estimate of drug-likeness (QED) is 0.652. The van der Waals surface area contributed by atoms with Crippen molar-refractivity contribution >= 4 is 6.34 Å². The molecule has 2 nitrogen and oxygen atoms in total. The molecule has 14 heavy (non-hydrogen) atoms. The molecule has 0 amide bonds. The van der Waals surface area contributed by atoms with Crippen LogP contribution < -0.4 is 0 Å². The Morgan fingerprint density at radius 3 is 1.29 bits per heavy atom. The maximum atomic E-state index is 3.54. The SMILES string of the molecule is CC(C)(C)n1ccn(C(C)(C)C)[si]1=[Pd]. The third-order valence-corrected chi connectivity index (χ3v) is 6.80. The van der Waals surface area contributed by atoms with E-state index in [-0.39, 0.29) is 11.1 Å². The molecule has 1 aromatic rings. The normalized spacial score (nSPS) is 13.4. The van der Waals surface area contributed by atoms with Crippen LogP contribution in [0.3, 0.4) is 0 Å². The molecule has 1 heterocycles. The number of nitrogens with zero attached hydrogens (tertiary/aromatic N) is 2. The Hall–Kier alpha value is 0.219. The van der Waals surface area contributed by atoms with Gasteiger partial charge in [-0.1, -0.05) is 0 Å². The van der Waals surface area contributed by atoms with Crippen LogP contribution in [0.15, 0.2) is 12.4 Å². The van der Waals surface area contributed by atoms with Crippen molar-refractivity contribution in [3.05, 3.63) is 12.4 Å². The zero-order valence-electron chi connectivity index (χ0n) is 9.87. The molecule has 0 bridgehead atoms. The van der Waals surface area contributed by atoms with Crippen LogP contribution in [0.4, 0.5) is 0 Å². The molecule has 0 radical (unpaired) electrons. The summed E-state index contributed by atoms with van der Waals surface area (Å²) in [5, 5.41) is 0. The van der Waals surface area contributed by atoms with Crippen LogP contribution in [0.2, 0.25) is 0 Å². The zero-order valence-corrected chi connectivity index (χ0v) is 12.4. The van der Waals surface area contributed by atoms with Crippen molar-refractivity contribution in [2.75, 3.05) is 0 Å². The third kappa shape index (κ3) is 2.42. The molecule has 0 unspecified atom stereocenters. The van der Waals surface area contributed by atoms with Crippen molar-refractivity contribution < 1.29 is 18.0 Å². The molecule has 0 aliphatic carbocycles. The van der Waals surface area contributed by atoms with Crippen LogP contribution in [0.25, 0.3) is 0 Å². The van der Waals surface area contributed by atoms with Gasteiger partial charge in [0.05, 0.1) is 0 Å². The van der Waals surface area contributed by atoms with Crippen molar-refractivity contribution in [1.29, 1.82) is 0 Å². The number of rotatable bonds is 0. The number of hydrogen-bond acceptors (Lipinski definition) is 0. The Balaban J connectivity index is 3.31. The molecule has 0 spiro atoms.